The van der Waals surface area contributed by atoms with Crippen molar-refractivity contribution >= 4 is 0 Å². The summed E-state index contributed by atoms with van der Waals surface area (Å²) in [5.41, 5.74) is 0.966. The van der Waals surface area contributed by atoms with Crippen molar-refractivity contribution in [3.8, 4) is 11.7 Å². The van der Waals surface area contributed by atoms with E-state index in [1.54, 1.807) is 11.0 Å². The van der Waals surface area contributed by atoms with Crippen molar-refractivity contribution in [3.63, 3.8) is 0 Å². The van der Waals surface area contributed by atoms with Gasteiger partial charge in [0.15, 0.2) is 0 Å². The van der Waals surface area contributed by atoms with Crippen molar-refractivity contribution in [2.75, 3.05) is 13.2 Å². The summed E-state index contributed by atoms with van der Waals surface area (Å²) in [6.45, 7) is 0.883. The first-order chi connectivity index (χ1) is 9.40. The lowest BCUT2D eigenvalue weighted by Gasteiger charge is -2.01. The van der Waals surface area contributed by atoms with Crippen molar-refractivity contribution in [2.24, 2.45) is 0 Å². The minimum atomic E-state index is 0.268. The molecule has 2 rings (SSSR count). The number of aliphatic hydroxyl groups is 1. The Hall–Kier alpha value is -1.88. The van der Waals surface area contributed by atoms with Crippen LogP contribution in [-0.4, -0.2) is 33.1 Å². The van der Waals surface area contributed by atoms with E-state index in [0.717, 1.165) is 31.4 Å². The summed E-state index contributed by atoms with van der Waals surface area (Å²) in [4.78, 5) is 4.12. The van der Waals surface area contributed by atoms with Crippen LogP contribution in [0.1, 0.15) is 25.7 Å². The molecule has 0 aliphatic rings. The van der Waals surface area contributed by atoms with E-state index in [0.29, 0.717) is 12.6 Å². The lowest BCUT2D eigenvalue weighted by atomic mass is 10.2. The van der Waals surface area contributed by atoms with Crippen LogP contribution in [0.3, 0.4) is 0 Å². The Balaban J connectivity index is 1.75. The molecule has 1 N–H and O–H groups in total. The van der Waals surface area contributed by atoms with Gasteiger partial charge in [-0.05, 0) is 31.4 Å². The van der Waals surface area contributed by atoms with Crippen LogP contribution in [0.4, 0.5) is 0 Å². The number of hydrogen-bond donors (Lipinski definition) is 1. The lowest BCUT2D eigenvalue weighted by molar-refractivity contribution is 0.266. The minimum Gasteiger partial charge on any atom is -0.462 e. The van der Waals surface area contributed by atoms with Gasteiger partial charge in [-0.2, -0.15) is 4.98 Å². The van der Waals surface area contributed by atoms with Crippen LogP contribution in [0, 0.1) is 0 Å². The highest BCUT2D eigenvalue weighted by Crippen LogP contribution is 2.09. The van der Waals surface area contributed by atoms with Crippen LogP contribution >= 0.6 is 0 Å². The smallest absolute Gasteiger partial charge is 0.335 e. The SMILES string of the molecule is OCCCCCCOc1ncn(-c2ccccc2)n1. The number of aromatic nitrogens is 3. The molecular formula is C14H19N3O2. The fourth-order valence-electron chi connectivity index (χ4n) is 1.75. The molecular weight excluding hydrogens is 242 g/mol. The maximum atomic E-state index is 8.66. The molecule has 0 unspecified atom stereocenters. The molecule has 0 aliphatic carbocycles. The molecule has 1 aromatic carbocycles. The molecule has 1 heterocycles. The second-order valence-corrected chi connectivity index (χ2v) is 4.29. The molecule has 0 atom stereocenters. The first-order valence-corrected chi connectivity index (χ1v) is 6.61. The predicted molar refractivity (Wildman–Crippen MR) is 72.4 cm³/mol. The summed E-state index contributed by atoms with van der Waals surface area (Å²) in [6, 6.07) is 10.2. The Morgan fingerprint density at radius 3 is 2.63 bits per heavy atom. The third-order valence-electron chi connectivity index (χ3n) is 2.78. The van der Waals surface area contributed by atoms with Crippen LogP contribution in [0.5, 0.6) is 6.01 Å². The van der Waals surface area contributed by atoms with Gasteiger partial charge >= 0.3 is 6.01 Å². The van der Waals surface area contributed by atoms with E-state index in [4.69, 9.17) is 9.84 Å². The second kappa shape index (κ2) is 7.53. The highest BCUT2D eigenvalue weighted by molar-refractivity contribution is 5.29. The minimum absolute atomic E-state index is 0.268. The van der Waals surface area contributed by atoms with Crippen LogP contribution in [-0.2, 0) is 0 Å². The molecule has 0 aliphatic heterocycles. The number of ether oxygens (including phenoxy) is 1. The zero-order valence-electron chi connectivity index (χ0n) is 10.9. The Bertz CT molecular complexity index is 471. The van der Waals surface area contributed by atoms with Gasteiger partial charge in [0.1, 0.15) is 6.33 Å². The fourth-order valence-corrected chi connectivity index (χ4v) is 1.75. The highest BCUT2D eigenvalue weighted by Gasteiger charge is 2.02. The zero-order chi connectivity index (χ0) is 13.3. The van der Waals surface area contributed by atoms with Gasteiger partial charge in [0.25, 0.3) is 0 Å². The summed E-state index contributed by atoms with van der Waals surface area (Å²) in [7, 11) is 0. The van der Waals surface area contributed by atoms with Gasteiger partial charge in [0.2, 0.25) is 0 Å². The monoisotopic (exact) mass is 261 g/mol. The number of nitrogens with zero attached hydrogens (tertiary/aromatic N) is 3. The van der Waals surface area contributed by atoms with E-state index in [2.05, 4.69) is 10.1 Å². The first kappa shape index (κ1) is 13.5. The maximum absolute atomic E-state index is 8.66. The Labute approximate surface area is 112 Å². The highest BCUT2D eigenvalue weighted by atomic mass is 16.5. The number of unbranched alkanes of at least 4 members (excludes halogenated alkanes) is 3. The molecule has 0 amide bonds. The number of para-hydroxylation sites is 1. The molecule has 5 nitrogen and oxygen atoms in total. The van der Waals surface area contributed by atoms with Gasteiger partial charge in [0, 0.05) is 6.61 Å². The molecule has 0 saturated heterocycles. The average molecular weight is 261 g/mol. The Morgan fingerprint density at radius 2 is 1.84 bits per heavy atom. The van der Waals surface area contributed by atoms with E-state index in [1.165, 1.54) is 0 Å². The molecule has 1 aromatic heterocycles. The number of benzene rings is 1. The van der Waals surface area contributed by atoms with E-state index >= 15 is 0 Å². The maximum Gasteiger partial charge on any atom is 0.335 e. The second-order valence-electron chi connectivity index (χ2n) is 4.29. The molecule has 5 heteroatoms. The summed E-state index contributed by atoms with van der Waals surface area (Å²) >= 11 is 0. The molecule has 0 fully saturated rings. The largest absolute Gasteiger partial charge is 0.462 e. The quantitative estimate of drug-likeness (QED) is 0.740. The van der Waals surface area contributed by atoms with Gasteiger partial charge in [-0.1, -0.05) is 24.6 Å². The van der Waals surface area contributed by atoms with E-state index in [9.17, 15) is 0 Å². The van der Waals surface area contributed by atoms with Crippen molar-refractivity contribution in [3.05, 3.63) is 36.7 Å². The molecule has 0 radical (unpaired) electrons. The van der Waals surface area contributed by atoms with Gasteiger partial charge in [-0.3, -0.25) is 0 Å². The van der Waals surface area contributed by atoms with E-state index in [-0.39, 0.29) is 6.61 Å². The van der Waals surface area contributed by atoms with Crippen molar-refractivity contribution in [1.29, 1.82) is 0 Å². The Morgan fingerprint density at radius 1 is 1.05 bits per heavy atom. The molecule has 19 heavy (non-hydrogen) atoms. The first-order valence-electron chi connectivity index (χ1n) is 6.61. The van der Waals surface area contributed by atoms with Crippen molar-refractivity contribution in [2.45, 2.75) is 25.7 Å². The van der Waals surface area contributed by atoms with Gasteiger partial charge < -0.3 is 9.84 Å². The zero-order valence-corrected chi connectivity index (χ0v) is 10.9. The predicted octanol–water partition coefficient (Wildman–Crippen LogP) is 2.20. The summed E-state index contributed by atoms with van der Waals surface area (Å²) < 4.78 is 7.18. The van der Waals surface area contributed by atoms with Gasteiger partial charge in [0.05, 0.1) is 12.3 Å². The number of hydrogen-bond acceptors (Lipinski definition) is 4. The third-order valence-corrected chi connectivity index (χ3v) is 2.78. The summed E-state index contributed by atoms with van der Waals surface area (Å²) in [5, 5.41) is 12.9. The van der Waals surface area contributed by atoms with Crippen LogP contribution in [0.15, 0.2) is 36.7 Å². The molecule has 102 valence electrons. The van der Waals surface area contributed by atoms with Crippen LogP contribution < -0.4 is 4.74 Å². The van der Waals surface area contributed by atoms with Crippen molar-refractivity contribution in [1.82, 2.24) is 14.8 Å². The van der Waals surface area contributed by atoms with Crippen molar-refractivity contribution < 1.29 is 9.84 Å². The van der Waals surface area contributed by atoms with E-state index in [1.807, 2.05) is 30.3 Å². The number of aliphatic hydroxyl groups excluding tert-OH is 1. The van der Waals surface area contributed by atoms with Crippen LogP contribution in [0.25, 0.3) is 5.69 Å². The van der Waals surface area contributed by atoms with E-state index < -0.39 is 0 Å². The molecule has 0 spiro atoms. The van der Waals surface area contributed by atoms with Gasteiger partial charge in [-0.15, -0.1) is 5.10 Å². The summed E-state index contributed by atoms with van der Waals surface area (Å²) in [5.74, 6) is 0. The lowest BCUT2D eigenvalue weighted by Crippen LogP contribution is -2.00. The third kappa shape index (κ3) is 4.37. The topological polar surface area (TPSA) is 60.2 Å². The molecule has 2 aromatic rings. The normalized spacial score (nSPS) is 10.6. The number of rotatable bonds is 8. The van der Waals surface area contributed by atoms with Crippen LogP contribution in [0.2, 0.25) is 0 Å². The molecule has 0 saturated carbocycles. The Kier molecular flexibility index (Phi) is 5.37. The fraction of sp³-hybridized carbons (Fsp3) is 0.429. The average Bonchev–Trinajstić information content (AvgIpc) is 2.92. The summed E-state index contributed by atoms with van der Waals surface area (Å²) in [6.07, 6.45) is 5.56. The molecule has 0 bridgehead atoms. The standard InChI is InChI=1S/C14H19N3O2/c18-10-6-1-2-7-11-19-14-15-12-17(16-14)13-8-4-3-5-9-13/h3-5,8-9,12,18H,1-2,6-7,10-11H2. The van der Waals surface area contributed by atoms with Gasteiger partial charge in [-0.25, -0.2) is 4.68 Å².